The zero-order valence-electron chi connectivity index (χ0n) is 13.2. The molecule has 5 heteroatoms. The molecule has 3 rings (SSSR count). The van der Waals surface area contributed by atoms with Crippen molar-refractivity contribution in [2.75, 3.05) is 18.4 Å². The van der Waals surface area contributed by atoms with Gasteiger partial charge in [0.05, 0.1) is 30.0 Å². The van der Waals surface area contributed by atoms with E-state index in [1.54, 1.807) is 11.3 Å². The Morgan fingerprint density at radius 2 is 2.14 bits per heavy atom. The van der Waals surface area contributed by atoms with Crippen molar-refractivity contribution in [3.05, 3.63) is 46.4 Å². The standard InChI is InChI=1S/C17H23N3OS/c1-13-8-20(9-14(2)21-13)10-15-4-3-5-16(6-15)18-7-17-11-22-12-19-17/h3-6,11-14,18H,7-10H2,1-2H3/t13-,14-/m0/s1. The summed E-state index contributed by atoms with van der Waals surface area (Å²) in [6, 6.07) is 8.66. The molecule has 2 heterocycles. The van der Waals surface area contributed by atoms with Crippen molar-refractivity contribution in [1.82, 2.24) is 9.88 Å². The van der Waals surface area contributed by atoms with Crippen LogP contribution in [0.4, 0.5) is 5.69 Å². The van der Waals surface area contributed by atoms with Gasteiger partial charge in [-0.1, -0.05) is 12.1 Å². The fraction of sp³-hybridized carbons (Fsp3) is 0.471. The molecule has 0 unspecified atom stereocenters. The van der Waals surface area contributed by atoms with E-state index in [-0.39, 0.29) is 0 Å². The van der Waals surface area contributed by atoms with E-state index in [9.17, 15) is 0 Å². The lowest BCUT2D eigenvalue weighted by Gasteiger charge is -2.35. The molecule has 0 aliphatic carbocycles. The number of ether oxygens (including phenoxy) is 1. The van der Waals surface area contributed by atoms with E-state index in [1.165, 1.54) is 5.56 Å². The molecular weight excluding hydrogens is 294 g/mol. The Balaban J connectivity index is 1.58. The van der Waals surface area contributed by atoms with E-state index in [2.05, 4.69) is 58.7 Å². The van der Waals surface area contributed by atoms with Gasteiger partial charge in [-0.2, -0.15) is 0 Å². The molecule has 1 N–H and O–H groups in total. The molecule has 0 amide bonds. The number of benzene rings is 1. The molecule has 118 valence electrons. The largest absolute Gasteiger partial charge is 0.379 e. The van der Waals surface area contributed by atoms with E-state index in [0.717, 1.165) is 37.6 Å². The maximum Gasteiger partial charge on any atom is 0.0795 e. The quantitative estimate of drug-likeness (QED) is 0.917. The van der Waals surface area contributed by atoms with Crippen LogP contribution in [0.3, 0.4) is 0 Å². The van der Waals surface area contributed by atoms with Gasteiger partial charge in [-0.05, 0) is 31.5 Å². The van der Waals surface area contributed by atoms with Gasteiger partial charge in [0.25, 0.3) is 0 Å². The van der Waals surface area contributed by atoms with E-state index in [0.29, 0.717) is 12.2 Å². The number of hydrogen-bond acceptors (Lipinski definition) is 5. The minimum atomic E-state index is 0.315. The summed E-state index contributed by atoms with van der Waals surface area (Å²) in [7, 11) is 0. The maximum atomic E-state index is 5.80. The number of hydrogen-bond donors (Lipinski definition) is 1. The lowest BCUT2D eigenvalue weighted by Crippen LogP contribution is -2.44. The van der Waals surface area contributed by atoms with Gasteiger partial charge in [0, 0.05) is 30.7 Å². The summed E-state index contributed by atoms with van der Waals surface area (Å²) in [5.41, 5.74) is 5.45. The first-order valence-electron chi connectivity index (χ1n) is 7.77. The Kier molecular flexibility index (Phi) is 5.08. The van der Waals surface area contributed by atoms with Crippen LogP contribution in [0.1, 0.15) is 25.1 Å². The number of rotatable bonds is 5. The van der Waals surface area contributed by atoms with Crippen molar-refractivity contribution in [3.63, 3.8) is 0 Å². The van der Waals surface area contributed by atoms with Crippen LogP contribution in [-0.2, 0) is 17.8 Å². The van der Waals surface area contributed by atoms with Gasteiger partial charge in [-0.25, -0.2) is 4.98 Å². The molecule has 1 saturated heterocycles. The number of morpholine rings is 1. The van der Waals surface area contributed by atoms with Crippen LogP contribution in [-0.4, -0.2) is 35.2 Å². The first-order valence-corrected chi connectivity index (χ1v) is 8.71. The smallest absolute Gasteiger partial charge is 0.0795 e. The van der Waals surface area contributed by atoms with Crippen LogP contribution in [0, 0.1) is 0 Å². The molecule has 1 aromatic heterocycles. The van der Waals surface area contributed by atoms with E-state index >= 15 is 0 Å². The Bertz CT molecular complexity index is 577. The summed E-state index contributed by atoms with van der Waals surface area (Å²) in [4.78, 5) is 6.77. The first-order chi connectivity index (χ1) is 10.7. The minimum absolute atomic E-state index is 0.315. The Hall–Kier alpha value is -1.43. The third-order valence-electron chi connectivity index (χ3n) is 3.79. The summed E-state index contributed by atoms with van der Waals surface area (Å²) < 4.78 is 5.80. The van der Waals surface area contributed by atoms with Gasteiger partial charge in [0.1, 0.15) is 0 Å². The highest BCUT2D eigenvalue weighted by molar-refractivity contribution is 7.07. The highest BCUT2D eigenvalue weighted by Gasteiger charge is 2.21. The first kappa shape index (κ1) is 15.5. The molecule has 1 aromatic carbocycles. The molecule has 0 saturated carbocycles. The fourth-order valence-corrected chi connectivity index (χ4v) is 3.53. The number of nitrogens with zero attached hydrogens (tertiary/aromatic N) is 2. The summed E-state index contributed by atoms with van der Waals surface area (Å²) in [6.45, 7) is 8.05. The van der Waals surface area contributed by atoms with Crippen molar-refractivity contribution >= 4 is 17.0 Å². The molecule has 0 spiro atoms. The van der Waals surface area contributed by atoms with Crippen LogP contribution in [0.2, 0.25) is 0 Å². The van der Waals surface area contributed by atoms with Crippen molar-refractivity contribution in [3.8, 4) is 0 Å². The van der Waals surface area contributed by atoms with Crippen LogP contribution in [0.15, 0.2) is 35.2 Å². The fourth-order valence-electron chi connectivity index (χ4n) is 2.97. The predicted octanol–water partition coefficient (Wildman–Crippen LogP) is 3.36. The molecule has 22 heavy (non-hydrogen) atoms. The molecular formula is C17H23N3OS. The van der Waals surface area contributed by atoms with E-state index in [4.69, 9.17) is 4.74 Å². The predicted molar refractivity (Wildman–Crippen MR) is 91.2 cm³/mol. The van der Waals surface area contributed by atoms with Gasteiger partial charge in [-0.3, -0.25) is 4.90 Å². The number of anilines is 1. The zero-order chi connectivity index (χ0) is 15.4. The minimum Gasteiger partial charge on any atom is -0.379 e. The van der Waals surface area contributed by atoms with Crippen molar-refractivity contribution in [2.45, 2.75) is 39.1 Å². The third-order valence-corrected chi connectivity index (χ3v) is 4.42. The second kappa shape index (κ2) is 7.22. The molecule has 2 atom stereocenters. The molecule has 4 nitrogen and oxygen atoms in total. The molecule has 0 radical (unpaired) electrons. The van der Waals surface area contributed by atoms with Crippen LogP contribution < -0.4 is 5.32 Å². The second-order valence-electron chi connectivity index (χ2n) is 5.99. The average Bonchev–Trinajstić information content (AvgIpc) is 2.98. The highest BCUT2D eigenvalue weighted by Crippen LogP contribution is 2.17. The molecule has 1 aliphatic heterocycles. The Labute approximate surface area is 136 Å². The molecule has 2 aromatic rings. The summed E-state index contributed by atoms with van der Waals surface area (Å²) >= 11 is 1.63. The molecule has 1 fully saturated rings. The van der Waals surface area contributed by atoms with Gasteiger partial charge in [0.15, 0.2) is 0 Å². The summed E-state index contributed by atoms with van der Waals surface area (Å²) in [6.07, 6.45) is 0.629. The topological polar surface area (TPSA) is 37.4 Å². The lowest BCUT2D eigenvalue weighted by molar-refractivity contribution is -0.0704. The van der Waals surface area contributed by atoms with Gasteiger partial charge in [0.2, 0.25) is 0 Å². The SMILES string of the molecule is C[C@H]1CN(Cc2cccc(NCc3cscn3)c2)C[C@H](C)O1. The van der Waals surface area contributed by atoms with Gasteiger partial charge in [-0.15, -0.1) is 11.3 Å². The van der Waals surface area contributed by atoms with Crippen molar-refractivity contribution in [2.24, 2.45) is 0 Å². The Morgan fingerprint density at radius 1 is 1.32 bits per heavy atom. The van der Waals surface area contributed by atoms with E-state index < -0.39 is 0 Å². The molecule has 0 bridgehead atoms. The zero-order valence-corrected chi connectivity index (χ0v) is 14.0. The number of aromatic nitrogens is 1. The second-order valence-corrected chi connectivity index (χ2v) is 6.70. The van der Waals surface area contributed by atoms with Crippen molar-refractivity contribution < 1.29 is 4.74 Å². The van der Waals surface area contributed by atoms with Gasteiger partial charge < -0.3 is 10.1 Å². The van der Waals surface area contributed by atoms with Crippen LogP contribution in [0.5, 0.6) is 0 Å². The summed E-state index contributed by atoms with van der Waals surface area (Å²) in [5, 5.41) is 5.52. The van der Waals surface area contributed by atoms with Crippen LogP contribution in [0.25, 0.3) is 0 Å². The van der Waals surface area contributed by atoms with Crippen LogP contribution >= 0.6 is 11.3 Å². The third kappa shape index (κ3) is 4.29. The monoisotopic (exact) mass is 317 g/mol. The Morgan fingerprint density at radius 3 is 2.86 bits per heavy atom. The maximum absolute atomic E-state index is 5.80. The normalized spacial score (nSPS) is 22.6. The van der Waals surface area contributed by atoms with Crippen molar-refractivity contribution in [1.29, 1.82) is 0 Å². The highest BCUT2D eigenvalue weighted by atomic mass is 32.1. The summed E-state index contributed by atoms with van der Waals surface area (Å²) in [5.74, 6) is 0. The van der Waals surface area contributed by atoms with Gasteiger partial charge >= 0.3 is 0 Å². The molecule has 1 aliphatic rings. The number of nitrogens with one attached hydrogen (secondary N) is 1. The lowest BCUT2D eigenvalue weighted by atomic mass is 10.1. The van der Waals surface area contributed by atoms with E-state index in [1.807, 2.05) is 5.51 Å². The number of thiazole rings is 1. The average molecular weight is 317 g/mol.